The van der Waals surface area contributed by atoms with Gasteiger partial charge in [0.15, 0.2) is 5.69 Å². The molecular formula is C16H11FN4. The van der Waals surface area contributed by atoms with Crippen LogP contribution < -0.4 is 0 Å². The molecule has 2 aromatic carbocycles. The minimum Gasteiger partial charge on any atom is -0.211 e. The fourth-order valence-corrected chi connectivity index (χ4v) is 2.12. The summed E-state index contributed by atoms with van der Waals surface area (Å²) in [4.78, 5) is 0. The summed E-state index contributed by atoms with van der Waals surface area (Å²) in [6, 6.07) is 15.8. The number of hydrogen-bond acceptors (Lipinski definition) is 3. The zero-order valence-corrected chi connectivity index (χ0v) is 11.3. The van der Waals surface area contributed by atoms with Crippen LogP contribution in [0.2, 0.25) is 0 Å². The summed E-state index contributed by atoms with van der Waals surface area (Å²) in [6.07, 6.45) is 0. The third-order valence-electron chi connectivity index (χ3n) is 3.18. The topological polar surface area (TPSA) is 54.5 Å². The van der Waals surface area contributed by atoms with Crippen molar-refractivity contribution in [2.75, 3.05) is 0 Å². The average molecular weight is 278 g/mol. The van der Waals surface area contributed by atoms with Gasteiger partial charge in [-0.15, -0.1) is 5.10 Å². The predicted octanol–water partition coefficient (Wildman–Crippen LogP) is 3.25. The number of aromatic nitrogens is 3. The molecule has 0 saturated carbocycles. The first-order valence-electron chi connectivity index (χ1n) is 6.38. The van der Waals surface area contributed by atoms with Crippen LogP contribution in [0.25, 0.3) is 16.9 Å². The highest BCUT2D eigenvalue weighted by atomic mass is 19.1. The maximum Gasteiger partial charge on any atom is 0.191 e. The van der Waals surface area contributed by atoms with E-state index in [-0.39, 0.29) is 5.69 Å². The SMILES string of the molecule is Cc1ccc(-n2nnc(C#N)c2-c2ccccc2F)cc1. The molecule has 0 bridgehead atoms. The van der Waals surface area contributed by atoms with Crippen LogP contribution in [-0.2, 0) is 0 Å². The number of nitrogens with zero attached hydrogens (tertiary/aromatic N) is 4. The first-order valence-corrected chi connectivity index (χ1v) is 6.38. The van der Waals surface area contributed by atoms with Gasteiger partial charge in [-0.05, 0) is 31.2 Å². The molecule has 0 N–H and O–H groups in total. The van der Waals surface area contributed by atoms with Gasteiger partial charge in [0.05, 0.1) is 5.69 Å². The fraction of sp³-hybridized carbons (Fsp3) is 0.0625. The average Bonchev–Trinajstić information content (AvgIpc) is 2.92. The van der Waals surface area contributed by atoms with Crippen molar-refractivity contribution in [3.8, 4) is 23.0 Å². The molecule has 0 amide bonds. The lowest BCUT2D eigenvalue weighted by atomic mass is 10.1. The molecule has 0 aliphatic carbocycles. The van der Waals surface area contributed by atoms with E-state index in [1.165, 1.54) is 10.7 Å². The Hall–Kier alpha value is -3.00. The highest BCUT2D eigenvalue weighted by molar-refractivity contribution is 5.67. The lowest BCUT2D eigenvalue weighted by Crippen LogP contribution is -2.01. The minimum atomic E-state index is -0.412. The lowest BCUT2D eigenvalue weighted by Gasteiger charge is -2.07. The Bertz CT molecular complexity index is 828. The summed E-state index contributed by atoms with van der Waals surface area (Å²) in [7, 11) is 0. The van der Waals surface area contributed by atoms with E-state index in [2.05, 4.69) is 10.3 Å². The van der Waals surface area contributed by atoms with Gasteiger partial charge in [0, 0.05) is 5.56 Å². The zero-order chi connectivity index (χ0) is 14.8. The Balaban J connectivity index is 2.25. The molecule has 0 atom stereocenters. The van der Waals surface area contributed by atoms with Crippen LogP contribution in [0.4, 0.5) is 4.39 Å². The first-order chi connectivity index (χ1) is 10.2. The van der Waals surface area contributed by atoms with E-state index in [4.69, 9.17) is 0 Å². The number of rotatable bonds is 2. The highest BCUT2D eigenvalue weighted by Gasteiger charge is 2.18. The Morgan fingerprint density at radius 2 is 1.81 bits per heavy atom. The first kappa shape index (κ1) is 13.0. The van der Waals surface area contributed by atoms with Crippen LogP contribution in [0.3, 0.4) is 0 Å². The van der Waals surface area contributed by atoms with E-state index in [9.17, 15) is 9.65 Å². The Kier molecular flexibility index (Phi) is 3.20. The second kappa shape index (κ2) is 5.17. The molecule has 0 unspecified atom stereocenters. The summed E-state index contributed by atoms with van der Waals surface area (Å²) < 4.78 is 15.5. The van der Waals surface area contributed by atoms with Gasteiger partial charge in [0.25, 0.3) is 0 Å². The van der Waals surface area contributed by atoms with Gasteiger partial charge in [-0.1, -0.05) is 35.0 Å². The van der Waals surface area contributed by atoms with Gasteiger partial charge in [-0.3, -0.25) is 0 Å². The van der Waals surface area contributed by atoms with E-state index < -0.39 is 5.82 Å². The Morgan fingerprint density at radius 1 is 1.10 bits per heavy atom. The molecule has 0 spiro atoms. The van der Waals surface area contributed by atoms with Crippen LogP contribution in [0.15, 0.2) is 48.5 Å². The molecule has 0 radical (unpaired) electrons. The zero-order valence-electron chi connectivity index (χ0n) is 11.3. The van der Waals surface area contributed by atoms with Crippen LogP contribution >= 0.6 is 0 Å². The van der Waals surface area contributed by atoms with Gasteiger partial charge >= 0.3 is 0 Å². The smallest absolute Gasteiger partial charge is 0.191 e. The molecule has 3 rings (SSSR count). The number of nitriles is 1. The van der Waals surface area contributed by atoms with E-state index in [0.29, 0.717) is 11.3 Å². The largest absolute Gasteiger partial charge is 0.211 e. The van der Waals surface area contributed by atoms with Gasteiger partial charge in [0.2, 0.25) is 0 Å². The molecule has 1 aromatic heterocycles. The normalized spacial score (nSPS) is 10.3. The number of aryl methyl sites for hydroxylation is 1. The van der Waals surface area contributed by atoms with E-state index >= 15 is 0 Å². The molecule has 5 heteroatoms. The third kappa shape index (κ3) is 2.28. The quantitative estimate of drug-likeness (QED) is 0.723. The van der Waals surface area contributed by atoms with Crippen LogP contribution in [0.1, 0.15) is 11.3 Å². The number of halogens is 1. The van der Waals surface area contributed by atoms with Crippen molar-refractivity contribution >= 4 is 0 Å². The van der Waals surface area contributed by atoms with E-state index in [1.807, 2.05) is 37.3 Å². The van der Waals surface area contributed by atoms with Gasteiger partial charge in [0.1, 0.15) is 17.6 Å². The molecular weight excluding hydrogens is 267 g/mol. The molecule has 1 heterocycles. The molecule has 102 valence electrons. The second-order valence-electron chi connectivity index (χ2n) is 4.63. The van der Waals surface area contributed by atoms with Gasteiger partial charge in [-0.25, -0.2) is 9.07 Å². The molecule has 3 aromatic rings. The maximum absolute atomic E-state index is 14.1. The standard InChI is InChI=1S/C16H11FN4/c1-11-6-8-12(9-7-11)21-16(15(10-18)19-20-21)13-4-2-3-5-14(13)17/h2-9H,1H3. The van der Waals surface area contributed by atoms with Crippen molar-refractivity contribution in [2.24, 2.45) is 0 Å². The fourth-order valence-electron chi connectivity index (χ4n) is 2.12. The maximum atomic E-state index is 14.1. The molecule has 21 heavy (non-hydrogen) atoms. The molecule has 0 aliphatic rings. The van der Waals surface area contributed by atoms with Crippen molar-refractivity contribution < 1.29 is 4.39 Å². The predicted molar refractivity (Wildman–Crippen MR) is 76.2 cm³/mol. The minimum absolute atomic E-state index is 0.0978. The summed E-state index contributed by atoms with van der Waals surface area (Å²) in [6.45, 7) is 1.98. The van der Waals surface area contributed by atoms with E-state index in [0.717, 1.165) is 11.3 Å². The summed E-state index contributed by atoms with van der Waals surface area (Å²) in [5.41, 5.74) is 2.60. The van der Waals surface area contributed by atoms with Crippen molar-refractivity contribution in [1.29, 1.82) is 5.26 Å². The molecule has 0 fully saturated rings. The molecule has 0 aliphatic heterocycles. The lowest BCUT2D eigenvalue weighted by molar-refractivity contribution is 0.629. The second-order valence-corrected chi connectivity index (χ2v) is 4.63. The summed E-state index contributed by atoms with van der Waals surface area (Å²) in [5.74, 6) is -0.412. The summed E-state index contributed by atoms with van der Waals surface area (Å²) in [5, 5.41) is 17.0. The molecule has 0 saturated heterocycles. The number of hydrogen-bond donors (Lipinski definition) is 0. The number of benzene rings is 2. The van der Waals surface area contributed by atoms with Crippen LogP contribution in [0, 0.1) is 24.1 Å². The van der Waals surface area contributed by atoms with Crippen molar-refractivity contribution in [1.82, 2.24) is 15.0 Å². The third-order valence-corrected chi connectivity index (χ3v) is 3.18. The molecule has 4 nitrogen and oxygen atoms in total. The van der Waals surface area contributed by atoms with Gasteiger partial charge < -0.3 is 0 Å². The Morgan fingerprint density at radius 3 is 2.48 bits per heavy atom. The van der Waals surface area contributed by atoms with Crippen molar-refractivity contribution in [3.05, 3.63) is 65.6 Å². The van der Waals surface area contributed by atoms with Gasteiger partial charge in [-0.2, -0.15) is 5.26 Å². The van der Waals surface area contributed by atoms with Crippen LogP contribution in [-0.4, -0.2) is 15.0 Å². The summed E-state index contributed by atoms with van der Waals surface area (Å²) >= 11 is 0. The van der Waals surface area contributed by atoms with Crippen molar-refractivity contribution in [2.45, 2.75) is 6.92 Å². The highest BCUT2D eigenvalue weighted by Crippen LogP contribution is 2.27. The Labute approximate surface area is 121 Å². The monoisotopic (exact) mass is 278 g/mol. The van der Waals surface area contributed by atoms with Crippen molar-refractivity contribution in [3.63, 3.8) is 0 Å². The van der Waals surface area contributed by atoms with Crippen LogP contribution in [0.5, 0.6) is 0 Å². The van der Waals surface area contributed by atoms with E-state index in [1.54, 1.807) is 18.2 Å².